The van der Waals surface area contributed by atoms with E-state index in [1.807, 2.05) is 12.1 Å². The molecule has 0 aliphatic rings. The molecular formula is C16H20BrNO2S. The molecule has 0 spiro atoms. The lowest BCUT2D eigenvalue weighted by Crippen LogP contribution is -2.22. The predicted octanol–water partition coefficient (Wildman–Crippen LogP) is 4.62. The summed E-state index contributed by atoms with van der Waals surface area (Å²) >= 11 is 5.27. The Bertz CT molecular complexity index is 585. The van der Waals surface area contributed by atoms with Gasteiger partial charge in [0.1, 0.15) is 11.5 Å². The fourth-order valence-corrected chi connectivity index (χ4v) is 3.73. The van der Waals surface area contributed by atoms with E-state index in [0.29, 0.717) is 0 Å². The summed E-state index contributed by atoms with van der Waals surface area (Å²) in [5.74, 6) is 1.64. The maximum absolute atomic E-state index is 5.55. The largest absolute Gasteiger partial charge is 0.497 e. The van der Waals surface area contributed by atoms with Gasteiger partial charge in [-0.15, -0.1) is 11.3 Å². The number of thiophene rings is 1. The lowest BCUT2D eigenvalue weighted by atomic mass is 10.0. The molecule has 0 fully saturated rings. The van der Waals surface area contributed by atoms with Crippen molar-refractivity contribution < 1.29 is 9.47 Å². The average Bonchev–Trinajstić information content (AvgIpc) is 2.94. The van der Waals surface area contributed by atoms with Crippen molar-refractivity contribution in [2.45, 2.75) is 19.4 Å². The molecule has 0 saturated carbocycles. The van der Waals surface area contributed by atoms with Crippen LogP contribution in [0.1, 0.15) is 29.8 Å². The molecule has 5 heteroatoms. The minimum Gasteiger partial charge on any atom is -0.497 e. The molecular weight excluding hydrogens is 350 g/mol. The molecule has 1 atom stereocenters. The van der Waals surface area contributed by atoms with E-state index in [2.05, 4.69) is 45.7 Å². The third kappa shape index (κ3) is 3.99. The van der Waals surface area contributed by atoms with Gasteiger partial charge in [0.2, 0.25) is 0 Å². The quantitative estimate of drug-likeness (QED) is 0.772. The molecule has 1 aromatic heterocycles. The Morgan fingerprint density at radius 3 is 2.62 bits per heavy atom. The van der Waals surface area contributed by atoms with E-state index in [-0.39, 0.29) is 6.04 Å². The van der Waals surface area contributed by atoms with Crippen LogP contribution in [0.5, 0.6) is 11.5 Å². The first-order valence-corrected chi connectivity index (χ1v) is 8.56. The Kier molecular flexibility index (Phi) is 6.08. The predicted molar refractivity (Wildman–Crippen MR) is 91.7 cm³/mol. The van der Waals surface area contributed by atoms with Crippen LogP contribution in [-0.2, 0) is 0 Å². The second kappa shape index (κ2) is 7.82. The highest BCUT2D eigenvalue weighted by atomic mass is 79.9. The van der Waals surface area contributed by atoms with Crippen LogP contribution in [0.2, 0.25) is 0 Å². The molecule has 1 heterocycles. The van der Waals surface area contributed by atoms with E-state index in [0.717, 1.165) is 34.5 Å². The van der Waals surface area contributed by atoms with E-state index < -0.39 is 0 Å². The van der Waals surface area contributed by atoms with Gasteiger partial charge in [0.05, 0.1) is 20.3 Å². The van der Waals surface area contributed by atoms with E-state index >= 15 is 0 Å². The van der Waals surface area contributed by atoms with Gasteiger partial charge in [-0.05, 0) is 47.1 Å². The van der Waals surface area contributed by atoms with Crippen LogP contribution in [0.15, 0.2) is 34.1 Å². The van der Waals surface area contributed by atoms with Crippen molar-refractivity contribution in [2.75, 3.05) is 20.8 Å². The molecule has 1 aromatic carbocycles. The number of halogens is 1. The first-order valence-electron chi connectivity index (χ1n) is 6.88. The molecule has 0 aliphatic heterocycles. The summed E-state index contributed by atoms with van der Waals surface area (Å²) in [7, 11) is 3.36. The third-order valence-corrected chi connectivity index (χ3v) is 4.98. The summed E-state index contributed by atoms with van der Waals surface area (Å²) in [4.78, 5) is 1.26. The fourth-order valence-electron chi connectivity index (χ4n) is 2.19. The fraction of sp³-hybridized carbons (Fsp3) is 0.375. The van der Waals surface area contributed by atoms with Crippen LogP contribution >= 0.6 is 27.3 Å². The van der Waals surface area contributed by atoms with Crippen molar-refractivity contribution in [1.82, 2.24) is 5.32 Å². The molecule has 1 N–H and O–H groups in total. The third-order valence-electron chi connectivity index (χ3n) is 3.22. The first-order chi connectivity index (χ1) is 10.2. The van der Waals surface area contributed by atoms with Crippen molar-refractivity contribution in [3.63, 3.8) is 0 Å². The van der Waals surface area contributed by atoms with E-state index in [9.17, 15) is 0 Å². The molecule has 114 valence electrons. The summed E-state index contributed by atoms with van der Waals surface area (Å²) in [5, 5.41) is 5.70. The minimum atomic E-state index is 0.127. The molecule has 2 rings (SSSR count). The van der Waals surface area contributed by atoms with Crippen LogP contribution in [0.25, 0.3) is 0 Å². The lowest BCUT2D eigenvalue weighted by molar-refractivity contribution is 0.387. The number of nitrogens with one attached hydrogen (secondary N) is 1. The number of ether oxygens (including phenoxy) is 2. The standard InChI is InChI=1S/C16H20BrNO2S/c1-4-7-18-16(15-8-11(17)10-21-15)13-6-5-12(19-2)9-14(13)20-3/h5-6,8-10,16,18H,4,7H2,1-3H3. The van der Waals surface area contributed by atoms with Gasteiger partial charge in [-0.1, -0.05) is 6.92 Å². The van der Waals surface area contributed by atoms with Gasteiger partial charge in [-0.25, -0.2) is 0 Å². The van der Waals surface area contributed by atoms with Gasteiger partial charge in [-0.3, -0.25) is 0 Å². The summed E-state index contributed by atoms with van der Waals surface area (Å²) in [6, 6.07) is 8.25. The van der Waals surface area contributed by atoms with Gasteiger partial charge in [0.15, 0.2) is 0 Å². The zero-order chi connectivity index (χ0) is 15.2. The Hall–Kier alpha value is -1.04. The van der Waals surface area contributed by atoms with E-state index in [1.54, 1.807) is 25.6 Å². The highest BCUT2D eigenvalue weighted by Gasteiger charge is 2.19. The Labute approximate surface area is 138 Å². The zero-order valence-electron chi connectivity index (χ0n) is 12.5. The molecule has 2 aromatic rings. The second-order valence-corrected chi connectivity index (χ2v) is 6.52. The summed E-state index contributed by atoms with van der Waals surface area (Å²) in [6.07, 6.45) is 1.08. The molecule has 0 bridgehead atoms. The van der Waals surface area contributed by atoms with E-state index in [4.69, 9.17) is 9.47 Å². The molecule has 21 heavy (non-hydrogen) atoms. The smallest absolute Gasteiger partial charge is 0.127 e. The number of hydrogen-bond donors (Lipinski definition) is 1. The van der Waals surface area contributed by atoms with Gasteiger partial charge in [0, 0.05) is 26.4 Å². The highest BCUT2D eigenvalue weighted by Crippen LogP contribution is 2.36. The van der Waals surface area contributed by atoms with Gasteiger partial charge in [-0.2, -0.15) is 0 Å². The van der Waals surface area contributed by atoms with Crippen molar-refractivity contribution in [3.8, 4) is 11.5 Å². The van der Waals surface area contributed by atoms with Crippen LogP contribution in [-0.4, -0.2) is 20.8 Å². The average molecular weight is 370 g/mol. The van der Waals surface area contributed by atoms with Gasteiger partial charge < -0.3 is 14.8 Å². The molecule has 0 saturated heterocycles. The van der Waals surface area contributed by atoms with Crippen molar-refractivity contribution in [3.05, 3.63) is 44.6 Å². The second-order valence-electron chi connectivity index (χ2n) is 4.66. The molecule has 0 amide bonds. The molecule has 1 unspecified atom stereocenters. The first kappa shape index (κ1) is 16.3. The maximum Gasteiger partial charge on any atom is 0.127 e. The summed E-state index contributed by atoms with van der Waals surface area (Å²) in [6.45, 7) is 3.12. The van der Waals surface area contributed by atoms with Crippen LogP contribution in [0.4, 0.5) is 0 Å². The Morgan fingerprint density at radius 1 is 1.24 bits per heavy atom. The normalized spacial score (nSPS) is 12.2. The number of methoxy groups -OCH3 is 2. The highest BCUT2D eigenvalue weighted by molar-refractivity contribution is 9.10. The monoisotopic (exact) mass is 369 g/mol. The van der Waals surface area contributed by atoms with Crippen molar-refractivity contribution >= 4 is 27.3 Å². The Balaban J connectivity index is 2.40. The van der Waals surface area contributed by atoms with Crippen molar-refractivity contribution in [2.24, 2.45) is 0 Å². The van der Waals surface area contributed by atoms with Crippen LogP contribution in [0.3, 0.4) is 0 Å². The summed E-state index contributed by atoms with van der Waals surface area (Å²) in [5.41, 5.74) is 1.13. The van der Waals surface area contributed by atoms with E-state index in [1.165, 1.54) is 4.88 Å². The molecule has 3 nitrogen and oxygen atoms in total. The van der Waals surface area contributed by atoms with Gasteiger partial charge in [0.25, 0.3) is 0 Å². The maximum atomic E-state index is 5.55. The topological polar surface area (TPSA) is 30.5 Å². The number of hydrogen-bond acceptors (Lipinski definition) is 4. The van der Waals surface area contributed by atoms with Crippen LogP contribution < -0.4 is 14.8 Å². The van der Waals surface area contributed by atoms with Crippen molar-refractivity contribution in [1.29, 1.82) is 0 Å². The number of benzene rings is 1. The molecule has 0 radical (unpaired) electrons. The Morgan fingerprint density at radius 2 is 2.05 bits per heavy atom. The lowest BCUT2D eigenvalue weighted by Gasteiger charge is -2.20. The van der Waals surface area contributed by atoms with Gasteiger partial charge >= 0.3 is 0 Å². The number of rotatable bonds is 7. The SMILES string of the molecule is CCCNC(c1cc(Br)cs1)c1ccc(OC)cc1OC. The summed E-state index contributed by atoms with van der Waals surface area (Å²) < 4.78 is 11.9. The minimum absolute atomic E-state index is 0.127. The zero-order valence-corrected chi connectivity index (χ0v) is 14.9. The molecule has 0 aliphatic carbocycles. The van der Waals surface area contributed by atoms with Crippen LogP contribution in [0, 0.1) is 0 Å².